The molecule has 1 aliphatic rings. The zero-order chi connectivity index (χ0) is 24.9. The maximum atomic E-state index is 13.4. The Balaban J connectivity index is 1.38. The molecule has 5 rings (SSSR count). The summed E-state index contributed by atoms with van der Waals surface area (Å²) in [6.45, 7) is 3.50. The fourth-order valence-electron chi connectivity index (χ4n) is 4.26. The molecule has 0 unspecified atom stereocenters. The molecule has 0 atom stereocenters. The monoisotopic (exact) mass is 481 g/mol. The summed E-state index contributed by atoms with van der Waals surface area (Å²) in [4.78, 5) is 32.6. The number of aryl methyl sites for hydroxylation is 2. The van der Waals surface area contributed by atoms with Gasteiger partial charge in [0.2, 0.25) is 5.91 Å². The first-order valence-electron chi connectivity index (χ1n) is 12.0. The van der Waals surface area contributed by atoms with Crippen LogP contribution in [0.1, 0.15) is 17.5 Å². The Kier molecular flexibility index (Phi) is 6.80. The highest BCUT2D eigenvalue weighted by Gasteiger charge is 2.19. The molecule has 1 amide bonds. The van der Waals surface area contributed by atoms with Gasteiger partial charge in [0, 0.05) is 31.3 Å². The Hall–Kier alpha value is -4.39. The first-order chi connectivity index (χ1) is 17.6. The van der Waals surface area contributed by atoms with Crippen LogP contribution < -0.4 is 19.9 Å². The number of para-hydroxylation sites is 1. The van der Waals surface area contributed by atoms with Gasteiger partial charge in [-0.15, -0.1) is 0 Å². The molecule has 1 aliphatic heterocycles. The number of fused-ring (bicyclic) bond motifs is 2. The second kappa shape index (κ2) is 10.5. The summed E-state index contributed by atoms with van der Waals surface area (Å²) in [6.07, 6.45) is 5.61. The summed E-state index contributed by atoms with van der Waals surface area (Å²) in [5.74, 6) is 1.18. The van der Waals surface area contributed by atoms with Gasteiger partial charge in [0.15, 0.2) is 11.5 Å². The summed E-state index contributed by atoms with van der Waals surface area (Å²) in [5.41, 5.74) is 3.25. The normalized spacial score (nSPS) is 12.7. The molecular weight excluding hydrogens is 454 g/mol. The average Bonchev–Trinajstić information content (AvgIpc) is 2.91. The minimum Gasteiger partial charge on any atom is -0.486 e. The molecule has 0 radical (unpaired) electrons. The van der Waals surface area contributed by atoms with Crippen molar-refractivity contribution in [2.24, 2.45) is 0 Å². The standard InChI is InChI=1S/C29H27N3O4/c1-21-7-5-11-24-28(21)30-20-31(29(24)34)16-14-27(33)32(15-6-10-22-8-3-2-4-9-22)23-12-13-25-26(19-23)36-18-17-35-25/h2-13,19-20H,14-18H2,1H3/b10-6+. The Morgan fingerprint density at radius 3 is 2.67 bits per heavy atom. The zero-order valence-corrected chi connectivity index (χ0v) is 20.1. The molecule has 0 saturated heterocycles. The van der Waals surface area contributed by atoms with Crippen molar-refractivity contribution in [3.63, 3.8) is 0 Å². The minimum atomic E-state index is -0.147. The van der Waals surface area contributed by atoms with Crippen molar-refractivity contribution in [1.82, 2.24) is 9.55 Å². The van der Waals surface area contributed by atoms with Crippen molar-refractivity contribution >= 4 is 28.6 Å². The third-order valence-corrected chi connectivity index (χ3v) is 6.16. The number of rotatable bonds is 7. The Morgan fingerprint density at radius 1 is 1.03 bits per heavy atom. The van der Waals surface area contributed by atoms with Gasteiger partial charge in [-0.25, -0.2) is 4.98 Å². The van der Waals surface area contributed by atoms with Gasteiger partial charge < -0.3 is 14.4 Å². The summed E-state index contributed by atoms with van der Waals surface area (Å²) >= 11 is 0. The van der Waals surface area contributed by atoms with Gasteiger partial charge in [-0.1, -0.05) is 54.6 Å². The van der Waals surface area contributed by atoms with Gasteiger partial charge >= 0.3 is 0 Å². The van der Waals surface area contributed by atoms with E-state index in [1.54, 1.807) is 11.0 Å². The van der Waals surface area contributed by atoms with Crippen LogP contribution in [0.5, 0.6) is 11.5 Å². The molecule has 2 heterocycles. The van der Waals surface area contributed by atoms with E-state index < -0.39 is 0 Å². The molecule has 4 aromatic rings. The SMILES string of the molecule is Cc1cccc2c(=O)n(CCC(=O)N(C/C=C/c3ccccc3)c3ccc4c(c3)OCCO4)cnc12. The highest BCUT2D eigenvalue weighted by atomic mass is 16.6. The third kappa shape index (κ3) is 5.00. The van der Waals surface area contributed by atoms with E-state index in [0.29, 0.717) is 47.8 Å². The molecule has 1 aromatic heterocycles. The van der Waals surface area contributed by atoms with E-state index in [0.717, 1.165) is 11.1 Å². The molecular formula is C29H27N3O4. The number of carbonyl (C=O) groups excluding carboxylic acids is 1. The number of aromatic nitrogens is 2. The van der Waals surface area contributed by atoms with E-state index in [9.17, 15) is 9.59 Å². The quantitative estimate of drug-likeness (QED) is 0.385. The second-order valence-electron chi connectivity index (χ2n) is 8.61. The molecule has 0 aliphatic carbocycles. The van der Waals surface area contributed by atoms with Crippen LogP contribution in [-0.4, -0.2) is 35.2 Å². The highest BCUT2D eigenvalue weighted by Crippen LogP contribution is 2.34. The lowest BCUT2D eigenvalue weighted by atomic mass is 10.1. The molecule has 0 N–H and O–H groups in total. The Labute approximate surface area is 209 Å². The fourth-order valence-corrected chi connectivity index (χ4v) is 4.26. The molecule has 0 fully saturated rings. The smallest absolute Gasteiger partial charge is 0.261 e. The largest absolute Gasteiger partial charge is 0.486 e. The van der Waals surface area contributed by atoms with E-state index in [-0.39, 0.29) is 24.4 Å². The van der Waals surface area contributed by atoms with Crippen LogP contribution in [0.2, 0.25) is 0 Å². The van der Waals surface area contributed by atoms with E-state index in [4.69, 9.17) is 9.47 Å². The molecule has 7 nitrogen and oxygen atoms in total. The number of anilines is 1. The maximum absolute atomic E-state index is 13.4. The number of ether oxygens (including phenoxy) is 2. The molecule has 0 saturated carbocycles. The topological polar surface area (TPSA) is 73.7 Å². The van der Waals surface area contributed by atoms with Crippen molar-refractivity contribution in [3.05, 3.63) is 101 Å². The fraction of sp³-hybridized carbons (Fsp3) is 0.207. The van der Waals surface area contributed by atoms with E-state index in [1.165, 1.54) is 10.9 Å². The minimum absolute atomic E-state index is 0.111. The summed E-state index contributed by atoms with van der Waals surface area (Å²) in [6, 6.07) is 21.0. The van der Waals surface area contributed by atoms with Crippen LogP contribution in [0.25, 0.3) is 17.0 Å². The maximum Gasteiger partial charge on any atom is 0.261 e. The van der Waals surface area contributed by atoms with Crippen molar-refractivity contribution in [2.75, 3.05) is 24.7 Å². The van der Waals surface area contributed by atoms with Crippen LogP contribution in [0.3, 0.4) is 0 Å². The van der Waals surface area contributed by atoms with Gasteiger partial charge in [-0.2, -0.15) is 0 Å². The molecule has 7 heteroatoms. The van der Waals surface area contributed by atoms with Gasteiger partial charge in [0.05, 0.1) is 17.2 Å². The predicted molar refractivity (Wildman–Crippen MR) is 141 cm³/mol. The van der Waals surface area contributed by atoms with Gasteiger partial charge in [0.25, 0.3) is 5.56 Å². The average molecular weight is 482 g/mol. The lowest BCUT2D eigenvalue weighted by molar-refractivity contribution is -0.118. The molecule has 36 heavy (non-hydrogen) atoms. The third-order valence-electron chi connectivity index (χ3n) is 6.16. The summed E-state index contributed by atoms with van der Waals surface area (Å²) in [5, 5.41) is 0.555. The second-order valence-corrected chi connectivity index (χ2v) is 8.61. The molecule has 3 aromatic carbocycles. The highest BCUT2D eigenvalue weighted by molar-refractivity contribution is 5.94. The first kappa shape index (κ1) is 23.4. The first-order valence-corrected chi connectivity index (χ1v) is 12.0. The summed E-state index contributed by atoms with van der Waals surface area (Å²) < 4.78 is 12.9. The molecule has 0 bridgehead atoms. The van der Waals surface area contributed by atoms with Crippen LogP contribution in [0, 0.1) is 6.92 Å². The van der Waals surface area contributed by atoms with Crippen LogP contribution in [-0.2, 0) is 11.3 Å². The Morgan fingerprint density at radius 2 is 1.83 bits per heavy atom. The number of benzene rings is 3. The number of hydrogen-bond acceptors (Lipinski definition) is 5. The lowest BCUT2D eigenvalue weighted by Crippen LogP contribution is -2.33. The van der Waals surface area contributed by atoms with E-state index in [1.807, 2.05) is 79.7 Å². The molecule has 182 valence electrons. The van der Waals surface area contributed by atoms with Crippen LogP contribution >= 0.6 is 0 Å². The van der Waals surface area contributed by atoms with Crippen molar-refractivity contribution < 1.29 is 14.3 Å². The van der Waals surface area contributed by atoms with E-state index >= 15 is 0 Å². The number of amides is 1. The van der Waals surface area contributed by atoms with Crippen molar-refractivity contribution in [3.8, 4) is 11.5 Å². The molecule has 0 spiro atoms. The Bertz CT molecular complexity index is 1480. The van der Waals surface area contributed by atoms with Gasteiger partial charge in [-0.05, 0) is 36.2 Å². The van der Waals surface area contributed by atoms with Crippen LogP contribution in [0.4, 0.5) is 5.69 Å². The van der Waals surface area contributed by atoms with Crippen molar-refractivity contribution in [1.29, 1.82) is 0 Å². The zero-order valence-electron chi connectivity index (χ0n) is 20.1. The number of hydrogen-bond donors (Lipinski definition) is 0. The van der Waals surface area contributed by atoms with Gasteiger partial charge in [-0.3, -0.25) is 14.2 Å². The number of nitrogens with zero attached hydrogens (tertiary/aromatic N) is 3. The lowest BCUT2D eigenvalue weighted by Gasteiger charge is -2.25. The van der Waals surface area contributed by atoms with E-state index in [2.05, 4.69) is 4.98 Å². The number of carbonyl (C=O) groups is 1. The summed E-state index contributed by atoms with van der Waals surface area (Å²) in [7, 11) is 0. The van der Waals surface area contributed by atoms with Crippen LogP contribution in [0.15, 0.2) is 83.9 Å². The van der Waals surface area contributed by atoms with Crippen molar-refractivity contribution in [2.45, 2.75) is 19.9 Å². The predicted octanol–water partition coefficient (Wildman–Crippen LogP) is 4.61. The van der Waals surface area contributed by atoms with Gasteiger partial charge in [0.1, 0.15) is 13.2 Å².